The molecular weight excluding hydrogens is 388 g/mol. The molecular formula is C21H22N4OS2. The van der Waals surface area contributed by atoms with Crippen molar-refractivity contribution in [2.75, 3.05) is 0 Å². The Balaban J connectivity index is 1.46. The van der Waals surface area contributed by atoms with Gasteiger partial charge in [0.2, 0.25) is 0 Å². The molecule has 4 aromatic rings. The molecule has 144 valence electrons. The van der Waals surface area contributed by atoms with Crippen LogP contribution in [0.4, 0.5) is 0 Å². The maximum Gasteiger partial charge on any atom is 0.200 e. The highest BCUT2D eigenvalue weighted by atomic mass is 32.2. The van der Waals surface area contributed by atoms with Crippen LogP contribution in [0.15, 0.2) is 63.7 Å². The second kappa shape index (κ2) is 8.75. The van der Waals surface area contributed by atoms with Gasteiger partial charge in [-0.05, 0) is 23.6 Å². The Bertz CT molecular complexity index is 1010. The van der Waals surface area contributed by atoms with E-state index in [-0.39, 0.29) is 0 Å². The van der Waals surface area contributed by atoms with E-state index in [2.05, 4.69) is 58.3 Å². The number of aromatic nitrogens is 4. The topological polar surface area (TPSA) is 56.7 Å². The van der Waals surface area contributed by atoms with Gasteiger partial charge in [-0.15, -0.1) is 21.5 Å². The molecule has 3 aromatic heterocycles. The summed E-state index contributed by atoms with van der Waals surface area (Å²) in [7, 11) is 0. The van der Waals surface area contributed by atoms with E-state index in [1.807, 2.05) is 18.2 Å². The van der Waals surface area contributed by atoms with Crippen molar-refractivity contribution < 1.29 is 4.42 Å². The monoisotopic (exact) mass is 410 g/mol. The SMILES string of the molecule is CC(C)Cn1c(SCc2csc(Cc3ccccc3)n2)nnc1-c1ccco1. The number of thioether (sulfide) groups is 1. The van der Waals surface area contributed by atoms with E-state index in [1.165, 1.54) is 5.56 Å². The molecule has 0 N–H and O–H groups in total. The zero-order chi connectivity index (χ0) is 19.3. The van der Waals surface area contributed by atoms with Crippen LogP contribution in [0, 0.1) is 5.92 Å². The Morgan fingerprint density at radius 1 is 1.11 bits per heavy atom. The normalized spacial score (nSPS) is 11.4. The zero-order valence-electron chi connectivity index (χ0n) is 15.9. The summed E-state index contributed by atoms with van der Waals surface area (Å²) in [5.41, 5.74) is 2.37. The van der Waals surface area contributed by atoms with E-state index < -0.39 is 0 Å². The third-order valence-electron chi connectivity index (χ3n) is 4.15. The summed E-state index contributed by atoms with van der Waals surface area (Å²) in [6.45, 7) is 5.23. The molecule has 0 bridgehead atoms. The lowest BCUT2D eigenvalue weighted by Gasteiger charge is -2.11. The number of thiazole rings is 1. The fraction of sp³-hybridized carbons (Fsp3) is 0.286. The molecule has 0 aliphatic carbocycles. The molecule has 28 heavy (non-hydrogen) atoms. The minimum atomic E-state index is 0.487. The molecule has 1 aromatic carbocycles. The average molecular weight is 411 g/mol. The lowest BCUT2D eigenvalue weighted by molar-refractivity contribution is 0.489. The zero-order valence-corrected chi connectivity index (χ0v) is 17.5. The second-order valence-electron chi connectivity index (χ2n) is 6.97. The highest BCUT2D eigenvalue weighted by Gasteiger charge is 2.17. The Morgan fingerprint density at radius 2 is 1.96 bits per heavy atom. The van der Waals surface area contributed by atoms with Crippen molar-refractivity contribution in [2.24, 2.45) is 5.92 Å². The summed E-state index contributed by atoms with van der Waals surface area (Å²) in [6.07, 6.45) is 2.54. The number of hydrogen-bond acceptors (Lipinski definition) is 6. The van der Waals surface area contributed by atoms with Gasteiger partial charge in [-0.25, -0.2) is 4.98 Å². The maximum atomic E-state index is 5.53. The van der Waals surface area contributed by atoms with Crippen molar-refractivity contribution in [3.05, 3.63) is 70.4 Å². The lowest BCUT2D eigenvalue weighted by Crippen LogP contribution is -2.07. The van der Waals surface area contributed by atoms with Gasteiger partial charge in [0, 0.05) is 24.1 Å². The molecule has 3 heterocycles. The minimum absolute atomic E-state index is 0.487. The standard InChI is InChI=1S/C21H22N4OS2/c1-15(2)12-25-20(18-9-6-10-26-18)23-24-21(25)28-14-17-13-27-19(22-17)11-16-7-4-3-5-8-16/h3-10,13,15H,11-12,14H2,1-2H3. The molecule has 0 amide bonds. The quantitative estimate of drug-likeness (QED) is 0.357. The molecule has 0 aliphatic heterocycles. The van der Waals surface area contributed by atoms with Crippen LogP contribution in [0.25, 0.3) is 11.6 Å². The van der Waals surface area contributed by atoms with Gasteiger partial charge in [0.25, 0.3) is 0 Å². The fourth-order valence-corrected chi connectivity index (χ4v) is 4.69. The maximum absolute atomic E-state index is 5.53. The third kappa shape index (κ3) is 4.54. The van der Waals surface area contributed by atoms with Crippen LogP contribution in [0.1, 0.15) is 30.1 Å². The van der Waals surface area contributed by atoms with Gasteiger partial charge in [0.1, 0.15) is 0 Å². The van der Waals surface area contributed by atoms with Crippen LogP contribution in [-0.2, 0) is 18.7 Å². The molecule has 0 unspecified atom stereocenters. The first-order valence-electron chi connectivity index (χ1n) is 9.26. The van der Waals surface area contributed by atoms with E-state index in [1.54, 1.807) is 29.4 Å². The summed E-state index contributed by atoms with van der Waals surface area (Å²) >= 11 is 3.39. The van der Waals surface area contributed by atoms with Crippen molar-refractivity contribution in [1.29, 1.82) is 0 Å². The predicted molar refractivity (Wildman–Crippen MR) is 113 cm³/mol. The van der Waals surface area contributed by atoms with E-state index in [9.17, 15) is 0 Å². The Morgan fingerprint density at radius 3 is 2.71 bits per heavy atom. The molecule has 0 aliphatic rings. The first kappa shape index (κ1) is 19.0. The summed E-state index contributed by atoms with van der Waals surface area (Å²) in [4.78, 5) is 4.79. The number of hydrogen-bond donors (Lipinski definition) is 0. The number of benzene rings is 1. The van der Waals surface area contributed by atoms with Crippen molar-refractivity contribution >= 4 is 23.1 Å². The number of furan rings is 1. The van der Waals surface area contributed by atoms with Crippen LogP contribution in [0.2, 0.25) is 0 Å². The van der Waals surface area contributed by atoms with Gasteiger partial charge in [-0.1, -0.05) is 55.9 Å². The molecule has 0 radical (unpaired) electrons. The van der Waals surface area contributed by atoms with E-state index in [4.69, 9.17) is 9.40 Å². The number of rotatable bonds is 8. The molecule has 7 heteroatoms. The summed E-state index contributed by atoms with van der Waals surface area (Å²) in [5, 5.41) is 13.0. The van der Waals surface area contributed by atoms with Crippen molar-refractivity contribution in [1.82, 2.24) is 19.7 Å². The summed E-state index contributed by atoms with van der Waals surface area (Å²) in [5.74, 6) is 2.79. The first-order valence-corrected chi connectivity index (χ1v) is 11.1. The minimum Gasteiger partial charge on any atom is -0.461 e. The highest BCUT2D eigenvalue weighted by molar-refractivity contribution is 7.98. The van der Waals surface area contributed by atoms with Crippen molar-refractivity contribution in [3.8, 4) is 11.6 Å². The average Bonchev–Trinajstić information content (AvgIpc) is 3.42. The molecule has 0 spiro atoms. The Labute approximate surface area is 172 Å². The Hall–Kier alpha value is -2.38. The van der Waals surface area contributed by atoms with Gasteiger partial charge in [0.15, 0.2) is 16.7 Å². The van der Waals surface area contributed by atoms with Crippen LogP contribution >= 0.6 is 23.1 Å². The molecule has 0 atom stereocenters. The van der Waals surface area contributed by atoms with Gasteiger partial charge >= 0.3 is 0 Å². The van der Waals surface area contributed by atoms with Gasteiger partial charge < -0.3 is 4.42 Å². The summed E-state index contributed by atoms with van der Waals surface area (Å²) in [6, 6.07) is 14.2. The van der Waals surface area contributed by atoms with Crippen LogP contribution in [-0.4, -0.2) is 19.7 Å². The largest absolute Gasteiger partial charge is 0.461 e. The van der Waals surface area contributed by atoms with E-state index >= 15 is 0 Å². The van der Waals surface area contributed by atoms with Crippen molar-refractivity contribution in [2.45, 2.75) is 37.7 Å². The fourth-order valence-electron chi connectivity index (χ4n) is 2.92. The van der Waals surface area contributed by atoms with Gasteiger partial charge in [-0.2, -0.15) is 0 Å². The molecule has 4 rings (SSSR count). The van der Waals surface area contributed by atoms with E-state index in [0.717, 1.165) is 46.2 Å². The van der Waals surface area contributed by atoms with Crippen LogP contribution in [0.5, 0.6) is 0 Å². The predicted octanol–water partition coefficient (Wildman–Crippen LogP) is 5.53. The van der Waals surface area contributed by atoms with Crippen LogP contribution in [0.3, 0.4) is 0 Å². The van der Waals surface area contributed by atoms with Crippen molar-refractivity contribution in [3.63, 3.8) is 0 Å². The Kier molecular flexibility index (Phi) is 5.92. The third-order valence-corrected chi connectivity index (χ3v) is 6.05. The molecule has 0 saturated heterocycles. The van der Waals surface area contributed by atoms with Crippen LogP contribution < -0.4 is 0 Å². The smallest absolute Gasteiger partial charge is 0.200 e. The highest BCUT2D eigenvalue weighted by Crippen LogP contribution is 2.28. The molecule has 5 nitrogen and oxygen atoms in total. The van der Waals surface area contributed by atoms with Gasteiger partial charge in [0.05, 0.1) is 17.0 Å². The molecule has 0 fully saturated rings. The van der Waals surface area contributed by atoms with E-state index in [0.29, 0.717) is 5.92 Å². The second-order valence-corrected chi connectivity index (χ2v) is 8.86. The lowest BCUT2D eigenvalue weighted by atomic mass is 10.2. The first-order chi connectivity index (χ1) is 13.7. The summed E-state index contributed by atoms with van der Waals surface area (Å²) < 4.78 is 7.68. The molecule has 0 saturated carbocycles. The van der Waals surface area contributed by atoms with Gasteiger partial charge in [-0.3, -0.25) is 4.57 Å². The number of nitrogens with zero attached hydrogens (tertiary/aromatic N) is 4.